The molecular formula is C20H22N6O5S. The molecule has 0 saturated carbocycles. The molecular weight excluding hydrogens is 436 g/mol. The van der Waals surface area contributed by atoms with E-state index in [0.29, 0.717) is 5.69 Å². The largest absolute Gasteiger partial charge is 0.507 e. The van der Waals surface area contributed by atoms with Crippen LogP contribution < -0.4 is 14.6 Å². The lowest BCUT2D eigenvalue weighted by Crippen LogP contribution is -2.24. The molecule has 0 unspecified atom stereocenters. The fourth-order valence-corrected chi connectivity index (χ4v) is 3.98. The Hall–Kier alpha value is -3.77. The number of phenols is 2. The molecule has 0 amide bonds. The standard InChI is InChI=1S/C20H22N6O5S/c1-11(2)25-8-7-12-14(25)5-4-6-15(12)26-19(22-23-20(26)24-32(21,29)30)13-9-18(31-3)17(28)10-16(13)27/h4-11,27-28H,1-3H3,(H,23,24)(H2,21,29,30). The third-order valence-corrected chi connectivity index (χ3v) is 5.44. The maximum atomic E-state index is 11.8. The summed E-state index contributed by atoms with van der Waals surface area (Å²) in [5.41, 5.74) is 1.63. The molecule has 2 aromatic heterocycles. The smallest absolute Gasteiger partial charge is 0.298 e. The Bertz CT molecular complexity index is 1420. The molecule has 0 aliphatic heterocycles. The third kappa shape index (κ3) is 3.69. The van der Waals surface area contributed by atoms with E-state index in [9.17, 15) is 18.6 Å². The van der Waals surface area contributed by atoms with Crippen LogP contribution in [-0.2, 0) is 10.2 Å². The van der Waals surface area contributed by atoms with Gasteiger partial charge in [-0.05, 0) is 38.1 Å². The summed E-state index contributed by atoms with van der Waals surface area (Å²) >= 11 is 0. The number of fused-ring (bicyclic) bond motifs is 1. The van der Waals surface area contributed by atoms with E-state index >= 15 is 0 Å². The molecule has 32 heavy (non-hydrogen) atoms. The number of aromatic hydroxyl groups is 2. The molecule has 0 spiro atoms. The van der Waals surface area contributed by atoms with Crippen LogP contribution in [0.2, 0.25) is 0 Å². The summed E-state index contributed by atoms with van der Waals surface area (Å²) in [5, 5.41) is 34.5. The first-order chi connectivity index (χ1) is 15.1. The molecule has 168 valence electrons. The van der Waals surface area contributed by atoms with Crippen LogP contribution in [0.15, 0.2) is 42.6 Å². The number of hydrogen-bond acceptors (Lipinski definition) is 7. The molecule has 4 rings (SSSR count). The van der Waals surface area contributed by atoms with Crippen LogP contribution in [0.5, 0.6) is 17.2 Å². The highest BCUT2D eigenvalue weighted by Gasteiger charge is 2.24. The first kappa shape index (κ1) is 21.5. The summed E-state index contributed by atoms with van der Waals surface area (Å²) in [6.07, 6.45) is 1.93. The molecule has 4 aromatic rings. The second-order valence-electron chi connectivity index (χ2n) is 7.40. The summed E-state index contributed by atoms with van der Waals surface area (Å²) in [5.74, 6) is -0.530. The van der Waals surface area contributed by atoms with E-state index in [2.05, 4.69) is 19.5 Å². The van der Waals surface area contributed by atoms with Crippen molar-refractivity contribution in [2.45, 2.75) is 19.9 Å². The molecule has 2 heterocycles. The molecule has 0 bridgehead atoms. The number of rotatable bonds is 6. The van der Waals surface area contributed by atoms with Crippen molar-refractivity contribution in [3.05, 3.63) is 42.6 Å². The maximum Gasteiger partial charge on any atom is 0.298 e. The molecule has 0 aliphatic carbocycles. The zero-order valence-electron chi connectivity index (χ0n) is 17.5. The zero-order valence-corrected chi connectivity index (χ0v) is 18.3. The number of hydrogen-bond donors (Lipinski definition) is 4. The van der Waals surface area contributed by atoms with Crippen molar-refractivity contribution in [2.75, 3.05) is 11.8 Å². The van der Waals surface area contributed by atoms with Gasteiger partial charge < -0.3 is 19.5 Å². The molecule has 0 aliphatic rings. The van der Waals surface area contributed by atoms with Gasteiger partial charge in [-0.25, -0.2) is 9.86 Å². The Labute approximate surface area is 183 Å². The average molecular weight is 459 g/mol. The number of nitrogens with two attached hydrogens (primary N) is 1. The van der Waals surface area contributed by atoms with Crippen LogP contribution in [0.25, 0.3) is 28.0 Å². The summed E-state index contributed by atoms with van der Waals surface area (Å²) in [6.45, 7) is 4.09. The highest BCUT2D eigenvalue weighted by atomic mass is 32.2. The van der Waals surface area contributed by atoms with Gasteiger partial charge in [-0.3, -0.25) is 4.57 Å². The molecule has 0 radical (unpaired) electrons. The summed E-state index contributed by atoms with van der Waals surface area (Å²) in [4.78, 5) is 0. The van der Waals surface area contributed by atoms with Crippen LogP contribution >= 0.6 is 0 Å². The summed E-state index contributed by atoms with van der Waals surface area (Å²) in [6, 6.07) is 10.1. The fourth-order valence-electron chi connectivity index (χ4n) is 3.60. The van der Waals surface area contributed by atoms with Gasteiger partial charge in [0.1, 0.15) is 5.75 Å². The first-order valence-electron chi connectivity index (χ1n) is 9.57. The topological polar surface area (TPSA) is 158 Å². The van der Waals surface area contributed by atoms with Gasteiger partial charge in [0.2, 0.25) is 5.95 Å². The number of nitrogens with zero attached hydrogens (tertiary/aromatic N) is 4. The number of ether oxygens (including phenoxy) is 1. The number of benzene rings is 2. The zero-order chi connectivity index (χ0) is 23.2. The van der Waals surface area contributed by atoms with Crippen molar-refractivity contribution in [3.8, 4) is 34.3 Å². The van der Waals surface area contributed by atoms with Gasteiger partial charge in [-0.2, -0.15) is 8.42 Å². The van der Waals surface area contributed by atoms with E-state index in [0.717, 1.165) is 17.0 Å². The van der Waals surface area contributed by atoms with E-state index in [4.69, 9.17) is 9.88 Å². The third-order valence-electron chi connectivity index (χ3n) is 4.97. The van der Waals surface area contributed by atoms with Gasteiger partial charge in [-0.1, -0.05) is 6.07 Å². The predicted octanol–water partition coefficient (Wildman–Crippen LogP) is 2.51. The van der Waals surface area contributed by atoms with Crippen molar-refractivity contribution in [1.29, 1.82) is 0 Å². The van der Waals surface area contributed by atoms with Crippen molar-refractivity contribution in [3.63, 3.8) is 0 Å². The van der Waals surface area contributed by atoms with E-state index in [1.807, 2.05) is 38.2 Å². The van der Waals surface area contributed by atoms with Crippen molar-refractivity contribution < 1.29 is 23.4 Å². The van der Waals surface area contributed by atoms with E-state index < -0.39 is 10.2 Å². The monoisotopic (exact) mass is 458 g/mol. The molecule has 5 N–H and O–H groups in total. The van der Waals surface area contributed by atoms with Gasteiger partial charge in [0.15, 0.2) is 17.3 Å². The molecule has 12 heteroatoms. The minimum Gasteiger partial charge on any atom is -0.507 e. The van der Waals surface area contributed by atoms with Gasteiger partial charge in [0, 0.05) is 23.7 Å². The van der Waals surface area contributed by atoms with Crippen LogP contribution in [0.3, 0.4) is 0 Å². The predicted molar refractivity (Wildman–Crippen MR) is 119 cm³/mol. The number of anilines is 1. The highest BCUT2D eigenvalue weighted by Crippen LogP contribution is 2.40. The Morgan fingerprint density at radius 2 is 1.88 bits per heavy atom. The van der Waals surface area contributed by atoms with E-state index in [-0.39, 0.29) is 40.6 Å². The second kappa shape index (κ2) is 7.73. The van der Waals surface area contributed by atoms with Crippen molar-refractivity contribution in [2.24, 2.45) is 5.14 Å². The quantitative estimate of drug-likeness (QED) is 0.346. The van der Waals surface area contributed by atoms with Crippen LogP contribution in [0, 0.1) is 0 Å². The minimum atomic E-state index is -4.17. The molecule has 11 nitrogen and oxygen atoms in total. The highest BCUT2D eigenvalue weighted by molar-refractivity contribution is 7.90. The molecule has 2 aromatic carbocycles. The van der Waals surface area contributed by atoms with Gasteiger partial charge >= 0.3 is 0 Å². The summed E-state index contributed by atoms with van der Waals surface area (Å²) in [7, 11) is -2.81. The lowest BCUT2D eigenvalue weighted by molar-refractivity contribution is 0.370. The minimum absolute atomic E-state index is 0.0949. The van der Waals surface area contributed by atoms with Crippen LogP contribution in [0.4, 0.5) is 5.95 Å². The van der Waals surface area contributed by atoms with Gasteiger partial charge in [0.25, 0.3) is 10.2 Å². The number of phenolic OH excluding ortho intramolecular Hbond substituents is 2. The number of nitrogens with one attached hydrogen (secondary N) is 1. The van der Waals surface area contributed by atoms with E-state index in [1.165, 1.54) is 17.7 Å². The Morgan fingerprint density at radius 1 is 1.12 bits per heavy atom. The fraction of sp³-hybridized carbons (Fsp3) is 0.200. The van der Waals surface area contributed by atoms with Gasteiger partial charge in [-0.15, -0.1) is 10.2 Å². The Balaban J connectivity index is 2.04. The van der Waals surface area contributed by atoms with E-state index in [1.54, 1.807) is 6.07 Å². The van der Waals surface area contributed by atoms with Gasteiger partial charge in [0.05, 0.1) is 23.9 Å². The molecule has 0 atom stereocenters. The normalized spacial score (nSPS) is 11.9. The molecule has 0 fully saturated rings. The first-order valence-corrected chi connectivity index (χ1v) is 11.1. The van der Waals surface area contributed by atoms with Crippen molar-refractivity contribution >= 4 is 27.1 Å². The average Bonchev–Trinajstić information content (AvgIpc) is 3.31. The Kier molecular flexibility index (Phi) is 5.18. The second-order valence-corrected chi connectivity index (χ2v) is 8.69. The van der Waals surface area contributed by atoms with Crippen LogP contribution in [0.1, 0.15) is 19.9 Å². The lowest BCUT2D eigenvalue weighted by Gasteiger charge is -2.15. The van der Waals surface area contributed by atoms with Crippen LogP contribution in [-0.4, -0.2) is 45.1 Å². The lowest BCUT2D eigenvalue weighted by atomic mass is 10.1. The SMILES string of the molecule is COc1cc(-c2nnc(NS(N)(=O)=O)n2-c2cccc3c2ccn3C(C)C)c(O)cc1O. The number of aromatic nitrogens is 4. The number of methoxy groups -OCH3 is 1. The Morgan fingerprint density at radius 3 is 2.53 bits per heavy atom. The summed E-state index contributed by atoms with van der Waals surface area (Å²) < 4.78 is 34.4. The molecule has 0 saturated heterocycles. The maximum absolute atomic E-state index is 11.8. The van der Waals surface area contributed by atoms with Crippen molar-refractivity contribution in [1.82, 2.24) is 19.3 Å².